The van der Waals surface area contributed by atoms with E-state index >= 15 is 0 Å². The molecule has 1 aliphatic rings. The third kappa shape index (κ3) is 1.81. The van der Waals surface area contributed by atoms with Crippen LogP contribution in [-0.2, 0) is 6.42 Å². The summed E-state index contributed by atoms with van der Waals surface area (Å²) < 4.78 is 15.2. The van der Waals surface area contributed by atoms with Gasteiger partial charge in [-0.25, -0.2) is 4.39 Å². The van der Waals surface area contributed by atoms with E-state index in [1.807, 2.05) is 16.9 Å². The third-order valence-electron chi connectivity index (χ3n) is 3.04. The topological polar surface area (TPSA) is 17.8 Å². The largest absolute Gasteiger partial charge is 0.266 e. The van der Waals surface area contributed by atoms with Gasteiger partial charge in [-0.2, -0.15) is 5.10 Å². The van der Waals surface area contributed by atoms with Gasteiger partial charge in [-0.15, -0.1) is 0 Å². The zero-order valence-electron chi connectivity index (χ0n) is 8.62. The van der Waals surface area contributed by atoms with Gasteiger partial charge in [-0.1, -0.05) is 6.92 Å². The van der Waals surface area contributed by atoms with Gasteiger partial charge in [0.05, 0.1) is 6.04 Å². The minimum absolute atomic E-state index is 0.295. The minimum Gasteiger partial charge on any atom is -0.266 e. The highest BCUT2D eigenvalue weighted by atomic mass is 19.1. The first-order valence-electron chi connectivity index (χ1n) is 5.47. The van der Waals surface area contributed by atoms with Crippen molar-refractivity contribution >= 4 is 0 Å². The molecule has 0 bridgehead atoms. The van der Waals surface area contributed by atoms with Gasteiger partial charge in [0.15, 0.2) is 0 Å². The number of halogens is 1. The zero-order valence-corrected chi connectivity index (χ0v) is 8.62. The van der Waals surface area contributed by atoms with E-state index in [1.165, 1.54) is 5.69 Å². The van der Waals surface area contributed by atoms with Crippen molar-refractivity contribution in [3.8, 4) is 0 Å². The van der Waals surface area contributed by atoms with Gasteiger partial charge in [-0.05, 0) is 31.7 Å². The zero-order chi connectivity index (χ0) is 9.97. The van der Waals surface area contributed by atoms with Crippen molar-refractivity contribution in [3.63, 3.8) is 0 Å². The van der Waals surface area contributed by atoms with Crippen molar-refractivity contribution in [2.75, 3.05) is 0 Å². The molecule has 14 heavy (non-hydrogen) atoms. The van der Waals surface area contributed by atoms with Gasteiger partial charge in [0.25, 0.3) is 0 Å². The molecule has 3 heteroatoms. The molecule has 1 saturated carbocycles. The SMILES string of the molecule is CCc1ccnn1C1CCCC(F)C1. The molecule has 1 fully saturated rings. The number of aryl methyl sites for hydroxylation is 1. The Morgan fingerprint density at radius 2 is 2.43 bits per heavy atom. The number of aromatic nitrogens is 2. The molecule has 2 atom stereocenters. The van der Waals surface area contributed by atoms with Crippen molar-refractivity contribution in [2.45, 2.75) is 51.2 Å². The normalized spacial score (nSPS) is 27.9. The lowest BCUT2D eigenvalue weighted by atomic mass is 9.94. The van der Waals surface area contributed by atoms with Gasteiger partial charge in [0, 0.05) is 18.3 Å². The standard InChI is InChI=1S/C11H17FN2/c1-2-10-6-7-13-14(10)11-5-3-4-9(12)8-11/h6-7,9,11H,2-5,8H2,1H3. The molecule has 1 aromatic rings. The molecule has 1 heterocycles. The Kier molecular flexibility index (Phi) is 2.85. The van der Waals surface area contributed by atoms with E-state index in [2.05, 4.69) is 12.0 Å². The van der Waals surface area contributed by atoms with Crippen LogP contribution in [0.15, 0.2) is 12.3 Å². The molecular weight excluding hydrogens is 179 g/mol. The van der Waals surface area contributed by atoms with Crippen LogP contribution in [0.5, 0.6) is 0 Å². The van der Waals surface area contributed by atoms with E-state index in [0.717, 1.165) is 25.7 Å². The molecule has 0 saturated heterocycles. The smallest absolute Gasteiger partial charge is 0.102 e. The maximum atomic E-state index is 13.2. The maximum Gasteiger partial charge on any atom is 0.102 e. The lowest BCUT2D eigenvalue weighted by Gasteiger charge is -2.26. The fourth-order valence-electron chi connectivity index (χ4n) is 2.28. The minimum atomic E-state index is -0.623. The van der Waals surface area contributed by atoms with Crippen LogP contribution in [-0.4, -0.2) is 16.0 Å². The highest BCUT2D eigenvalue weighted by Crippen LogP contribution is 2.30. The van der Waals surface area contributed by atoms with Gasteiger partial charge < -0.3 is 0 Å². The van der Waals surface area contributed by atoms with E-state index in [-0.39, 0.29) is 0 Å². The molecule has 2 rings (SSSR count). The average molecular weight is 196 g/mol. The summed E-state index contributed by atoms with van der Waals surface area (Å²) >= 11 is 0. The molecule has 0 aliphatic heterocycles. The van der Waals surface area contributed by atoms with E-state index in [4.69, 9.17) is 0 Å². The van der Waals surface area contributed by atoms with Crippen molar-refractivity contribution in [2.24, 2.45) is 0 Å². The van der Waals surface area contributed by atoms with Gasteiger partial charge in [-0.3, -0.25) is 4.68 Å². The number of rotatable bonds is 2. The van der Waals surface area contributed by atoms with Crippen LogP contribution in [0.3, 0.4) is 0 Å². The maximum absolute atomic E-state index is 13.2. The van der Waals surface area contributed by atoms with Crippen molar-refractivity contribution < 1.29 is 4.39 Å². The predicted octanol–water partition coefficient (Wildman–Crippen LogP) is 2.90. The molecule has 2 unspecified atom stereocenters. The summed E-state index contributed by atoms with van der Waals surface area (Å²) in [7, 11) is 0. The van der Waals surface area contributed by atoms with Crippen molar-refractivity contribution in [1.29, 1.82) is 0 Å². The monoisotopic (exact) mass is 196 g/mol. The summed E-state index contributed by atoms with van der Waals surface area (Å²) in [6.07, 6.45) is 5.63. The van der Waals surface area contributed by atoms with Crippen LogP contribution < -0.4 is 0 Å². The van der Waals surface area contributed by atoms with Crippen LogP contribution in [0, 0.1) is 0 Å². The summed E-state index contributed by atoms with van der Waals surface area (Å²) in [6.45, 7) is 2.11. The molecule has 0 aromatic carbocycles. The molecule has 1 aliphatic carbocycles. The number of hydrogen-bond donors (Lipinski definition) is 0. The third-order valence-corrected chi connectivity index (χ3v) is 3.04. The van der Waals surface area contributed by atoms with Crippen LogP contribution in [0.1, 0.15) is 44.3 Å². The molecule has 0 amide bonds. The first-order chi connectivity index (χ1) is 6.81. The second kappa shape index (κ2) is 4.11. The highest BCUT2D eigenvalue weighted by molar-refractivity contribution is 5.02. The van der Waals surface area contributed by atoms with E-state index < -0.39 is 6.17 Å². The Bertz CT molecular complexity index is 295. The lowest BCUT2D eigenvalue weighted by Crippen LogP contribution is -2.22. The first kappa shape index (κ1) is 9.69. The van der Waals surface area contributed by atoms with Crippen LogP contribution in [0.4, 0.5) is 4.39 Å². The Labute approximate surface area is 84.1 Å². The summed E-state index contributed by atoms with van der Waals surface area (Å²) in [5, 5.41) is 4.30. The Morgan fingerprint density at radius 3 is 3.14 bits per heavy atom. The summed E-state index contributed by atoms with van der Waals surface area (Å²) in [6, 6.07) is 2.32. The first-order valence-corrected chi connectivity index (χ1v) is 5.47. The van der Waals surface area contributed by atoms with Crippen LogP contribution >= 0.6 is 0 Å². The number of alkyl halides is 1. The van der Waals surface area contributed by atoms with Crippen molar-refractivity contribution in [3.05, 3.63) is 18.0 Å². The fourth-order valence-corrected chi connectivity index (χ4v) is 2.28. The highest BCUT2D eigenvalue weighted by Gasteiger charge is 2.24. The Balaban J connectivity index is 2.13. The summed E-state index contributed by atoms with van der Waals surface area (Å²) in [4.78, 5) is 0. The van der Waals surface area contributed by atoms with Crippen LogP contribution in [0.2, 0.25) is 0 Å². The molecule has 78 valence electrons. The van der Waals surface area contributed by atoms with E-state index in [1.54, 1.807) is 0 Å². The van der Waals surface area contributed by atoms with Crippen molar-refractivity contribution in [1.82, 2.24) is 9.78 Å². The van der Waals surface area contributed by atoms with E-state index in [0.29, 0.717) is 12.5 Å². The number of nitrogens with zero attached hydrogens (tertiary/aromatic N) is 2. The quantitative estimate of drug-likeness (QED) is 0.711. The summed E-state index contributed by atoms with van der Waals surface area (Å²) in [5.74, 6) is 0. The molecule has 0 radical (unpaired) electrons. The molecular formula is C11H17FN2. The second-order valence-corrected chi connectivity index (χ2v) is 4.04. The molecule has 0 N–H and O–H groups in total. The predicted molar refractivity (Wildman–Crippen MR) is 54.0 cm³/mol. The van der Waals surface area contributed by atoms with E-state index in [9.17, 15) is 4.39 Å². The molecule has 1 aromatic heterocycles. The Morgan fingerprint density at radius 1 is 1.57 bits per heavy atom. The van der Waals surface area contributed by atoms with Gasteiger partial charge in [0.2, 0.25) is 0 Å². The molecule has 0 spiro atoms. The molecule has 2 nitrogen and oxygen atoms in total. The fraction of sp³-hybridized carbons (Fsp3) is 0.727. The second-order valence-electron chi connectivity index (χ2n) is 4.04. The average Bonchev–Trinajstić information content (AvgIpc) is 2.65. The number of hydrogen-bond acceptors (Lipinski definition) is 1. The van der Waals surface area contributed by atoms with Crippen LogP contribution in [0.25, 0.3) is 0 Å². The summed E-state index contributed by atoms with van der Waals surface area (Å²) in [5.41, 5.74) is 1.23. The lowest BCUT2D eigenvalue weighted by molar-refractivity contribution is 0.190. The van der Waals surface area contributed by atoms with Gasteiger partial charge >= 0.3 is 0 Å². The Hall–Kier alpha value is -0.860. The van der Waals surface area contributed by atoms with Gasteiger partial charge in [0.1, 0.15) is 6.17 Å².